The van der Waals surface area contributed by atoms with Crippen molar-refractivity contribution in [1.29, 1.82) is 0 Å². The van der Waals surface area contributed by atoms with E-state index in [1.54, 1.807) is 6.92 Å². The highest BCUT2D eigenvalue weighted by molar-refractivity contribution is 9.10. The van der Waals surface area contributed by atoms with Crippen LogP contribution in [-0.4, -0.2) is 10.1 Å². The Balaban J connectivity index is 1.80. The second kappa shape index (κ2) is 4.59. The molecule has 80 valence electrons. The van der Waals surface area contributed by atoms with Gasteiger partial charge in [0.1, 0.15) is 5.76 Å². The lowest BCUT2D eigenvalue weighted by atomic mass is 10.4. The molecule has 1 N–H and O–H groups in total. The average molecular weight is 272 g/mol. The maximum Gasteiger partial charge on any atom is 0.240 e. The van der Waals surface area contributed by atoms with Crippen LogP contribution in [0.15, 0.2) is 25.7 Å². The molecule has 5 nitrogen and oxygen atoms in total. The van der Waals surface area contributed by atoms with Gasteiger partial charge in [-0.15, -0.1) is 0 Å². The van der Waals surface area contributed by atoms with Gasteiger partial charge in [0.25, 0.3) is 0 Å². The molecule has 0 aliphatic carbocycles. The smallest absolute Gasteiger partial charge is 0.240 e. The van der Waals surface area contributed by atoms with Gasteiger partial charge in [0, 0.05) is 0 Å². The maximum atomic E-state index is 5.31. The molecule has 0 saturated carbocycles. The Labute approximate surface area is 95.0 Å². The van der Waals surface area contributed by atoms with Crippen molar-refractivity contribution < 1.29 is 8.94 Å². The van der Waals surface area contributed by atoms with Crippen molar-refractivity contribution in [2.24, 2.45) is 0 Å². The predicted molar refractivity (Wildman–Crippen MR) is 56.0 cm³/mol. The van der Waals surface area contributed by atoms with Crippen molar-refractivity contribution in [3.63, 3.8) is 0 Å². The van der Waals surface area contributed by atoms with Crippen LogP contribution < -0.4 is 5.32 Å². The van der Waals surface area contributed by atoms with E-state index in [9.17, 15) is 0 Å². The fourth-order valence-electron chi connectivity index (χ4n) is 1.15. The van der Waals surface area contributed by atoms with Gasteiger partial charge >= 0.3 is 0 Å². The molecule has 15 heavy (non-hydrogen) atoms. The Morgan fingerprint density at radius 1 is 1.40 bits per heavy atom. The zero-order chi connectivity index (χ0) is 10.7. The maximum absolute atomic E-state index is 5.31. The average Bonchev–Trinajstić information content (AvgIpc) is 2.76. The summed E-state index contributed by atoms with van der Waals surface area (Å²) >= 11 is 3.24. The largest absolute Gasteiger partial charge is 0.453 e. The number of aromatic nitrogens is 2. The molecular weight excluding hydrogens is 262 g/mol. The molecule has 2 rings (SSSR count). The standard InChI is InChI=1S/C9H10BrN3O2/c1-6-12-9(15-13-6)5-11-4-7-2-3-8(10)14-7/h2-3,11H,4-5H2,1H3. The number of halogens is 1. The molecule has 0 radical (unpaired) electrons. The molecule has 0 saturated heterocycles. The van der Waals surface area contributed by atoms with Gasteiger partial charge in [-0.1, -0.05) is 5.16 Å². The first kappa shape index (κ1) is 10.4. The number of nitrogens with zero attached hydrogens (tertiary/aromatic N) is 2. The molecule has 0 aromatic carbocycles. The summed E-state index contributed by atoms with van der Waals surface area (Å²) < 4.78 is 11.0. The van der Waals surface area contributed by atoms with Crippen LogP contribution in [0.1, 0.15) is 17.5 Å². The van der Waals surface area contributed by atoms with Crippen LogP contribution in [0.2, 0.25) is 0 Å². The second-order valence-electron chi connectivity index (χ2n) is 3.04. The Morgan fingerprint density at radius 3 is 2.87 bits per heavy atom. The Morgan fingerprint density at radius 2 is 2.27 bits per heavy atom. The number of aryl methyl sites for hydroxylation is 1. The van der Waals surface area contributed by atoms with E-state index in [4.69, 9.17) is 8.94 Å². The third kappa shape index (κ3) is 2.90. The van der Waals surface area contributed by atoms with Crippen LogP contribution in [0, 0.1) is 6.92 Å². The van der Waals surface area contributed by atoms with Crippen molar-refractivity contribution in [2.45, 2.75) is 20.0 Å². The number of hydrogen-bond donors (Lipinski definition) is 1. The third-order valence-corrected chi connectivity index (χ3v) is 2.20. The van der Waals surface area contributed by atoms with Gasteiger partial charge in [-0.2, -0.15) is 4.98 Å². The van der Waals surface area contributed by atoms with E-state index < -0.39 is 0 Å². The van der Waals surface area contributed by atoms with Gasteiger partial charge in [0.2, 0.25) is 5.89 Å². The van der Waals surface area contributed by atoms with Crippen LogP contribution in [0.5, 0.6) is 0 Å². The summed E-state index contributed by atoms with van der Waals surface area (Å²) in [5.41, 5.74) is 0. The zero-order valence-electron chi connectivity index (χ0n) is 8.16. The Kier molecular flexibility index (Phi) is 3.17. The minimum atomic E-state index is 0.541. The van der Waals surface area contributed by atoms with Crippen molar-refractivity contribution in [2.75, 3.05) is 0 Å². The molecule has 0 bridgehead atoms. The van der Waals surface area contributed by atoms with E-state index in [0.717, 1.165) is 10.4 Å². The second-order valence-corrected chi connectivity index (χ2v) is 3.83. The molecule has 0 aliphatic heterocycles. The van der Waals surface area contributed by atoms with E-state index in [-0.39, 0.29) is 0 Å². The van der Waals surface area contributed by atoms with E-state index >= 15 is 0 Å². The summed E-state index contributed by atoms with van der Waals surface area (Å²) in [6.07, 6.45) is 0. The summed E-state index contributed by atoms with van der Waals surface area (Å²) in [4.78, 5) is 4.07. The summed E-state index contributed by atoms with van der Waals surface area (Å²) in [6, 6.07) is 3.75. The first-order valence-corrected chi connectivity index (χ1v) is 5.27. The summed E-state index contributed by atoms with van der Waals surface area (Å²) in [5.74, 6) is 2.09. The molecule has 0 atom stereocenters. The molecule has 6 heteroatoms. The lowest BCUT2D eigenvalue weighted by molar-refractivity contribution is 0.359. The van der Waals surface area contributed by atoms with Crippen molar-refractivity contribution >= 4 is 15.9 Å². The Bertz CT molecular complexity index is 398. The minimum Gasteiger partial charge on any atom is -0.453 e. The molecule has 0 unspecified atom stereocenters. The zero-order valence-corrected chi connectivity index (χ0v) is 9.74. The van der Waals surface area contributed by atoms with Gasteiger partial charge in [-0.05, 0) is 35.0 Å². The minimum absolute atomic E-state index is 0.541. The highest BCUT2D eigenvalue weighted by atomic mass is 79.9. The van der Waals surface area contributed by atoms with Crippen molar-refractivity contribution in [3.05, 3.63) is 34.3 Å². The normalized spacial score (nSPS) is 10.8. The quantitative estimate of drug-likeness (QED) is 0.922. The number of furan rings is 1. The third-order valence-electron chi connectivity index (χ3n) is 1.77. The van der Waals surface area contributed by atoms with E-state index in [1.807, 2.05) is 12.1 Å². The number of nitrogens with one attached hydrogen (secondary N) is 1. The lowest BCUT2D eigenvalue weighted by Crippen LogP contribution is -2.12. The summed E-state index contributed by atoms with van der Waals surface area (Å²) in [7, 11) is 0. The first-order valence-electron chi connectivity index (χ1n) is 4.48. The monoisotopic (exact) mass is 271 g/mol. The van der Waals surface area contributed by atoms with Crippen LogP contribution in [0.4, 0.5) is 0 Å². The lowest BCUT2D eigenvalue weighted by Gasteiger charge is -1.97. The van der Waals surface area contributed by atoms with E-state index in [1.165, 1.54) is 0 Å². The number of rotatable bonds is 4. The molecule has 0 fully saturated rings. The topological polar surface area (TPSA) is 64.1 Å². The van der Waals surface area contributed by atoms with Gasteiger partial charge in [-0.3, -0.25) is 0 Å². The highest BCUT2D eigenvalue weighted by Crippen LogP contribution is 2.13. The van der Waals surface area contributed by atoms with Gasteiger partial charge < -0.3 is 14.3 Å². The van der Waals surface area contributed by atoms with Crippen molar-refractivity contribution in [3.8, 4) is 0 Å². The molecule has 0 amide bonds. The number of hydrogen-bond acceptors (Lipinski definition) is 5. The van der Waals surface area contributed by atoms with Crippen LogP contribution in [-0.2, 0) is 13.1 Å². The first-order chi connectivity index (χ1) is 7.24. The summed E-state index contributed by atoms with van der Waals surface area (Å²) in [6.45, 7) is 2.96. The molecule has 0 aliphatic rings. The predicted octanol–water partition coefficient (Wildman–Crippen LogP) is 2.02. The van der Waals surface area contributed by atoms with Crippen LogP contribution >= 0.6 is 15.9 Å². The van der Waals surface area contributed by atoms with Crippen LogP contribution in [0.3, 0.4) is 0 Å². The van der Waals surface area contributed by atoms with Gasteiger partial charge in [0.05, 0.1) is 13.1 Å². The van der Waals surface area contributed by atoms with Gasteiger partial charge in [-0.25, -0.2) is 0 Å². The SMILES string of the molecule is Cc1noc(CNCc2ccc(Br)o2)n1. The van der Waals surface area contributed by atoms with Gasteiger partial charge in [0.15, 0.2) is 10.5 Å². The molecule has 2 aromatic heterocycles. The van der Waals surface area contributed by atoms with E-state index in [0.29, 0.717) is 24.8 Å². The molecule has 2 aromatic rings. The Hall–Kier alpha value is -1.14. The summed E-state index contributed by atoms with van der Waals surface area (Å²) in [5, 5.41) is 6.82. The molecule has 0 spiro atoms. The highest BCUT2D eigenvalue weighted by Gasteiger charge is 2.03. The fraction of sp³-hybridized carbons (Fsp3) is 0.333. The van der Waals surface area contributed by atoms with Crippen LogP contribution in [0.25, 0.3) is 0 Å². The van der Waals surface area contributed by atoms with Crippen molar-refractivity contribution in [1.82, 2.24) is 15.5 Å². The molecular formula is C9H10BrN3O2. The fourth-order valence-corrected chi connectivity index (χ4v) is 1.49. The van der Waals surface area contributed by atoms with E-state index in [2.05, 4.69) is 31.4 Å². The molecule has 2 heterocycles.